The summed E-state index contributed by atoms with van der Waals surface area (Å²) in [5, 5.41) is 4.15. The maximum atomic E-state index is 13.1. The summed E-state index contributed by atoms with van der Waals surface area (Å²) in [6, 6.07) is 13.2. The zero-order valence-electron chi connectivity index (χ0n) is 18.6. The molecule has 0 bridgehead atoms. The van der Waals surface area contributed by atoms with Crippen molar-refractivity contribution in [2.45, 2.75) is 25.3 Å². The number of fused-ring (bicyclic) bond motifs is 4. The number of hydrogen-bond donors (Lipinski definition) is 2. The summed E-state index contributed by atoms with van der Waals surface area (Å²) < 4.78 is 11.2. The topological polar surface area (TPSA) is 106 Å². The van der Waals surface area contributed by atoms with Gasteiger partial charge in [-0.3, -0.25) is 14.6 Å². The van der Waals surface area contributed by atoms with Crippen LogP contribution in [0, 0.1) is 0 Å². The normalized spacial score (nSPS) is 16.7. The molecular weight excluding hydrogens is 468 g/mol. The number of hydrogen-bond acceptors (Lipinski definition) is 7. The minimum absolute atomic E-state index is 0.0270. The van der Waals surface area contributed by atoms with E-state index < -0.39 is 0 Å². The van der Waals surface area contributed by atoms with Crippen LogP contribution in [0.1, 0.15) is 39.4 Å². The van der Waals surface area contributed by atoms with Crippen LogP contribution in [0.5, 0.6) is 11.5 Å². The molecule has 8 nitrogen and oxygen atoms in total. The molecule has 1 aliphatic carbocycles. The third kappa shape index (κ3) is 4.10. The molecule has 0 saturated carbocycles. The lowest BCUT2D eigenvalue weighted by atomic mass is 9.79. The van der Waals surface area contributed by atoms with Gasteiger partial charge in [-0.25, -0.2) is 4.98 Å². The molecule has 0 saturated heterocycles. The van der Waals surface area contributed by atoms with Gasteiger partial charge in [0.15, 0.2) is 22.9 Å². The van der Waals surface area contributed by atoms with E-state index >= 15 is 0 Å². The Morgan fingerprint density at radius 3 is 2.66 bits per heavy atom. The number of ether oxygens (including phenoxy) is 2. The summed E-state index contributed by atoms with van der Waals surface area (Å²) in [6.45, 7) is 1.48. The number of ketones is 1. The number of carbonyl (C=O) groups excluding carboxylic acids is 1. The molecular formula is C26H21ClN4O4. The SMILES string of the molecule is O=C1CC(c2ccc(Cl)cc2)Cc2c1cnc1nc(NCc3ccc4c(c3)OCCO4)[nH]c(=O)c21. The highest BCUT2D eigenvalue weighted by Crippen LogP contribution is 2.35. The Morgan fingerprint density at radius 1 is 1.03 bits per heavy atom. The number of aromatic amines is 1. The lowest BCUT2D eigenvalue weighted by Crippen LogP contribution is -2.23. The van der Waals surface area contributed by atoms with Gasteiger partial charge in [-0.1, -0.05) is 29.8 Å². The first-order chi connectivity index (χ1) is 17.0. The van der Waals surface area contributed by atoms with Crippen LogP contribution >= 0.6 is 11.6 Å². The van der Waals surface area contributed by atoms with E-state index in [-0.39, 0.29) is 17.3 Å². The van der Waals surface area contributed by atoms with Crippen LogP contribution in [0.15, 0.2) is 53.5 Å². The summed E-state index contributed by atoms with van der Waals surface area (Å²) >= 11 is 6.02. The Kier molecular flexibility index (Phi) is 5.37. The third-order valence-electron chi connectivity index (χ3n) is 6.43. The van der Waals surface area contributed by atoms with Gasteiger partial charge in [0.1, 0.15) is 13.2 Å². The number of nitrogens with zero attached hydrogens (tertiary/aromatic N) is 2. The Hall–Kier alpha value is -3.91. The van der Waals surface area contributed by atoms with E-state index in [4.69, 9.17) is 21.1 Å². The second-order valence-electron chi connectivity index (χ2n) is 8.68. The maximum Gasteiger partial charge on any atom is 0.262 e. The smallest absolute Gasteiger partial charge is 0.262 e. The molecule has 0 spiro atoms. The van der Waals surface area contributed by atoms with Crippen LogP contribution in [0.2, 0.25) is 5.02 Å². The van der Waals surface area contributed by atoms with Gasteiger partial charge in [0.25, 0.3) is 5.56 Å². The van der Waals surface area contributed by atoms with Crippen LogP contribution in [-0.4, -0.2) is 33.9 Å². The molecule has 2 aliphatic rings. The highest BCUT2D eigenvalue weighted by molar-refractivity contribution is 6.30. The van der Waals surface area contributed by atoms with E-state index in [0.717, 1.165) is 16.9 Å². The molecule has 0 amide bonds. The monoisotopic (exact) mass is 488 g/mol. The fourth-order valence-corrected chi connectivity index (χ4v) is 4.83. The first-order valence-electron chi connectivity index (χ1n) is 11.4. The number of Topliss-reactive ketones (excluding diaryl/α,β-unsaturated/α-hetero) is 1. The highest BCUT2D eigenvalue weighted by atomic mass is 35.5. The number of carbonyl (C=O) groups is 1. The molecule has 2 N–H and O–H groups in total. The molecule has 3 heterocycles. The number of H-pyrrole nitrogens is 1. The largest absolute Gasteiger partial charge is 0.486 e. The summed E-state index contributed by atoms with van der Waals surface area (Å²) in [5.41, 5.74) is 3.13. The molecule has 35 heavy (non-hydrogen) atoms. The molecule has 1 atom stereocenters. The molecule has 2 aromatic heterocycles. The number of rotatable bonds is 4. The molecule has 1 aliphatic heterocycles. The molecule has 0 radical (unpaired) electrons. The molecule has 4 aromatic rings. The standard InChI is InChI=1S/C26H21ClN4O4/c27-17-4-2-15(3-5-17)16-10-18-19(20(32)11-16)13-28-24-23(18)25(33)31-26(30-24)29-12-14-1-6-21-22(9-14)35-8-7-34-21/h1-6,9,13,16H,7-8,10-12H2,(H2,28,29,30,31,33). The Bertz CT molecular complexity index is 1520. The van der Waals surface area contributed by atoms with E-state index in [9.17, 15) is 9.59 Å². The minimum atomic E-state index is -0.325. The Balaban J connectivity index is 1.29. The fraction of sp³-hybridized carbons (Fsp3) is 0.231. The van der Waals surface area contributed by atoms with E-state index in [1.54, 1.807) is 0 Å². The zero-order chi connectivity index (χ0) is 23.9. The molecule has 0 fully saturated rings. The van der Waals surface area contributed by atoms with Crippen LogP contribution in [-0.2, 0) is 13.0 Å². The maximum absolute atomic E-state index is 13.1. The van der Waals surface area contributed by atoms with Gasteiger partial charge in [0.2, 0.25) is 5.95 Å². The average Bonchev–Trinajstić information content (AvgIpc) is 2.87. The van der Waals surface area contributed by atoms with Gasteiger partial charge in [-0.15, -0.1) is 0 Å². The summed E-state index contributed by atoms with van der Waals surface area (Å²) in [5.74, 6) is 1.66. The van der Waals surface area contributed by atoms with Crippen molar-refractivity contribution in [2.75, 3.05) is 18.5 Å². The highest BCUT2D eigenvalue weighted by Gasteiger charge is 2.29. The predicted octanol–water partition coefficient (Wildman–Crippen LogP) is 4.27. The van der Waals surface area contributed by atoms with Crippen LogP contribution in [0.4, 0.5) is 5.95 Å². The molecule has 1 unspecified atom stereocenters. The number of nitrogens with one attached hydrogen (secondary N) is 2. The first kappa shape index (κ1) is 21.6. The third-order valence-corrected chi connectivity index (χ3v) is 6.69. The van der Waals surface area contributed by atoms with Crippen molar-refractivity contribution in [1.29, 1.82) is 0 Å². The van der Waals surface area contributed by atoms with Crippen molar-refractivity contribution in [1.82, 2.24) is 15.0 Å². The van der Waals surface area contributed by atoms with Crippen molar-refractivity contribution in [3.63, 3.8) is 0 Å². The Labute approximate surface area is 205 Å². The van der Waals surface area contributed by atoms with Crippen molar-refractivity contribution in [3.8, 4) is 11.5 Å². The summed E-state index contributed by atoms with van der Waals surface area (Å²) in [7, 11) is 0. The van der Waals surface area contributed by atoms with Crippen LogP contribution < -0.4 is 20.3 Å². The van der Waals surface area contributed by atoms with Gasteiger partial charge in [-0.05, 0) is 53.3 Å². The van der Waals surface area contributed by atoms with Crippen molar-refractivity contribution in [3.05, 3.63) is 86.3 Å². The number of benzene rings is 2. The van der Waals surface area contributed by atoms with E-state index in [1.807, 2.05) is 42.5 Å². The van der Waals surface area contributed by atoms with Crippen molar-refractivity contribution >= 4 is 34.4 Å². The second kappa shape index (κ2) is 8.70. The van der Waals surface area contributed by atoms with Gasteiger partial charge in [0.05, 0.1) is 5.39 Å². The molecule has 9 heteroatoms. The van der Waals surface area contributed by atoms with Gasteiger partial charge < -0.3 is 14.8 Å². The summed E-state index contributed by atoms with van der Waals surface area (Å²) in [6.07, 6.45) is 2.45. The van der Waals surface area contributed by atoms with Crippen LogP contribution in [0.25, 0.3) is 11.0 Å². The molecule has 6 rings (SSSR count). The average molecular weight is 489 g/mol. The van der Waals surface area contributed by atoms with Gasteiger partial charge in [-0.2, -0.15) is 4.98 Å². The first-order valence-corrected chi connectivity index (χ1v) is 11.8. The lowest BCUT2D eigenvalue weighted by molar-refractivity contribution is 0.0964. The van der Waals surface area contributed by atoms with Crippen molar-refractivity contribution < 1.29 is 14.3 Å². The van der Waals surface area contributed by atoms with E-state index in [1.165, 1.54) is 6.20 Å². The number of pyridine rings is 1. The van der Waals surface area contributed by atoms with Crippen LogP contribution in [0.3, 0.4) is 0 Å². The number of halogens is 1. The van der Waals surface area contributed by atoms with Crippen molar-refractivity contribution in [2.24, 2.45) is 0 Å². The van der Waals surface area contributed by atoms with E-state index in [0.29, 0.717) is 71.5 Å². The molecule has 2 aromatic carbocycles. The fourth-order valence-electron chi connectivity index (χ4n) is 4.71. The van der Waals surface area contributed by atoms with E-state index in [2.05, 4.69) is 20.3 Å². The van der Waals surface area contributed by atoms with Gasteiger partial charge in [0, 0.05) is 29.7 Å². The quantitative estimate of drug-likeness (QED) is 0.442. The second-order valence-corrected chi connectivity index (χ2v) is 9.11. The number of aromatic nitrogens is 3. The zero-order valence-corrected chi connectivity index (χ0v) is 19.4. The lowest BCUT2D eigenvalue weighted by Gasteiger charge is -2.24. The number of anilines is 1. The molecule has 176 valence electrons. The minimum Gasteiger partial charge on any atom is -0.486 e. The Morgan fingerprint density at radius 2 is 1.83 bits per heavy atom. The summed E-state index contributed by atoms with van der Waals surface area (Å²) in [4.78, 5) is 37.7. The van der Waals surface area contributed by atoms with Gasteiger partial charge >= 0.3 is 0 Å². The predicted molar refractivity (Wildman–Crippen MR) is 132 cm³/mol.